The van der Waals surface area contributed by atoms with Gasteiger partial charge in [-0.3, -0.25) is 14.3 Å². The number of alkyl halides is 3. The van der Waals surface area contributed by atoms with Crippen LogP contribution < -0.4 is 11.1 Å². The number of hydrogen-bond acceptors (Lipinski definition) is 7. The number of nitrogens with two attached hydrogens (primary N) is 1. The van der Waals surface area contributed by atoms with E-state index in [4.69, 9.17) is 13.5 Å². The molecule has 1 atom stereocenters. The van der Waals surface area contributed by atoms with E-state index >= 15 is 0 Å². The van der Waals surface area contributed by atoms with Crippen molar-refractivity contribution in [2.24, 2.45) is 18.0 Å². The van der Waals surface area contributed by atoms with Gasteiger partial charge >= 0.3 is 12.1 Å². The van der Waals surface area contributed by atoms with Crippen LogP contribution in [0.1, 0.15) is 46.2 Å². The molecule has 0 saturated carbocycles. The fourth-order valence-corrected chi connectivity index (χ4v) is 4.91. The molecule has 190 valence electrons. The number of aryl methyl sites for hydroxylation is 1. The van der Waals surface area contributed by atoms with E-state index in [0.29, 0.717) is 23.4 Å². The monoisotopic (exact) mass is 607 g/mol. The van der Waals surface area contributed by atoms with Gasteiger partial charge in [0.05, 0.1) is 6.61 Å². The van der Waals surface area contributed by atoms with Gasteiger partial charge in [-0.05, 0) is 18.6 Å². The summed E-state index contributed by atoms with van der Waals surface area (Å²) in [5, 5.41) is 6.78. The van der Waals surface area contributed by atoms with Crippen molar-refractivity contribution >= 4 is 48.2 Å². The van der Waals surface area contributed by atoms with Gasteiger partial charge in [-0.25, -0.2) is 0 Å². The molecule has 13 heteroatoms. The third-order valence-electron chi connectivity index (χ3n) is 4.92. The van der Waals surface area contributed by atoms with Gasteiger partial charge in [-0.2, -0.15) is 23.3 Å². The maximum atomic E-state index is 12.7. The number of Topliss-reactive ketones (excluding diaryl/α,β-unsaturated/α-hetero) is 1. The lowest BCUT2D eigenvalue weighted by molar-refractivity contribution is -0.0684. The Bertz CT molecular complexity index is 1130. The van der Waals surface area contributed by atoms with Crippen molar-refractivity contribution in [2.45, 2.75) is 25.9 Å². The normalized spacial score (nSPS) is 14.4. The lowest BCUT2D eigenvalue weighted by Gasteiger charge is -2.17. The van der Waals surface area contributed by atoms with Gasteiger partial charge in [0.25, 0.3) is 5.91 Å². The number of nitrogen functional groups attached to an aromatic ring is 1. The fraction of sp³-hybridized carbons (Fsp3) is 0.409. The second-order valence-corrected chi connectivity index (χ2v) is 9.70. The number of nitrogens with zero attached hydrogens (tertiary/aromatic N) is 3. The van der Waals surface area contributed by atoms with Crippen LogP contribution in [-0.4, -0.2) is 56.9 Å². The van der Waals surface area contributed by atoms with Crippen LogP contribution in [0.5, 0.6) is 0 Å². The summed E-state index contributed by atoms with van der Waals surface area (Å²) >= 11 is -1.35. The molecular formula is C22H25F3IN5O4. The van der Waals surface area contributed by atoms with Crippen LogP contribution in [0, 0.1) is 5.92 Å². The van der Waals surface area contributed by atoms with E-state index in [2.05, 4.69) is 15.4 Å². The third-order valence-corrected chi connectivity index (χ3v) is 6.84. The Kier molecular flexibility index (Phi) is 8.99. The molecule has 1 aliphatic rings. The van der Waals surface area contributed by atoms with E-state index in [1.807, 2.05) is 6.92 Å². The van der Waals surface area contributed by atoms with Crippen LogP contribution in [0.2, 0.25) is 0 Å². The zero-order valence-corrected chi connectivity index (χ0v) is 21.2. The second kappa shape index (κ2) is 11.7. The van der Waals surface area contributed by atoms with Gasteiger partial charge in [0, 0.05) is 49.7 Å². The lowest BCUT2D eigenvalue weighted by Crippen LogP contribution is -2.33. The van der Waals surface area contributed by atoms with Gasteiger partial charge < -0.3 is 18.9 Å². The van der Waals surface area contributed by atoms with Crippen molar-refractivity contribution in [1.82, 2.24) is 15.1 Å². The van der Waals surface area contributed by atoms with Crippen molar-refractivity contribution in [3.63, 3.8) is 0 Å². The molecule has 3 rings (SSSR count). The first kappa shape index (κ1) is 26.8. The molecule has 0 unspecified atom stereocenters. The minimum absolute atomic E-state index is 0.128. The van der Waals surface area contributed by atoms with Crippen molar-refractivity contribution in [1.29, 1.82) is 0 Å². The first-order valence-corrected chi connectivity index (χ1v) is 12.7. The van der Waals surface area contributed by atoms with E-state index in [0.717, 1.165) is 6.42 Å². The summed E-state index contributed by atoms with van der Waals surface area (Å²) in [5.74, 6) is -1.81. The van der Waals surface area contributed by atoms with E-state index in [9.17, 15) is 22.8 Å². The molecule has 9 nitrogen and oxygen atoms in total. The van der Waals surface area contributed by atoms with Crippen LogP contribution in [0.25, 0.3) is 0 Å². The van der Waals surface area contributed by atoms with Crippen LogP contribution in [-0.2, 0) is 14.9 Å². The summed E-state index contributed by atoms with van der Waals surface area (Å²) in [7, 11) is 1.63. The molecule has 0 bridgehead atoms. The Morgan fingerprint density at radius 1 is 1.29 bits per heavy atom. The van der Waals surface area contributed by atoms with Gasteiger partial charge in [0.1, 0.15) is 36.3 Å². The minimum Gasteiger partial charge on any atom is -0.410 e. The van der Waals surface area contributed by atoms with Gasteiger partial charge in [-0.1, -0.05) is 19.1 Å². The summed E-state index contributed by atoms with van der Waals surface area (Å²) in [6.07, 6.45) is -3.68. The number of amides is 1. The van der Waals surface area contributed by atoms with Crippen molar-refractivity contribution < 1.29 is 30.6 Å². The summed E-state index contributed by atoms with van der Waals surface area (Å²) in [4.78, 5) is 28.9. The number of ether oxygens (including phenoxy) is 1. The highest BCUT2D eigenvalue weighted by Gasteiger charge is 2.41. The Balaban J connectivity index is 1.61. The highest BCUT2D eigenvalue weighted by atomic mass is 127. The quantitative estimate of drug-likeness (QED) is 0.230. The number of anilines is 1. The van der Waals surface area contributed by atoms with E-state index < -0.39 is 33.2 Å². The van der Waals surface area contributed by atoms with Crippen LogP contribution in [0.4, 0.5) is 19.0 Å². The molecule has 2 heterocycles. The predicted molar refractivity (Wildman–Crippen MR) is 133 cm³/mol. The molecule has 1 aromatic heterocycles. The Morgan fingerprint density at radius 3 is 2.57 bits per heavy atom. The molecule has 1 aliphatic heterocycles. The molecule has 0 fully saturated rings. The maximum Gasteiger partial charge on any atom is 0.469 e. The molecule has 0 saturated heterocycles. The van der Waals surface area contributed by atoms with Crippen LogP contribution in [0.15, 0.2) is 35.3 Å². The number of aromatic nitrogens is 2. The zero-order valence-electron chi connectivity index (χ0n) is 19.1. The number of halogens is 4. The number of hydrogen-bond donors (Lipinski definition) is 2. The van der Waals surface area contributed by atoms with Crippen LogP contribution in [0.3, 0.4) is 0 Å². The number of carbonyl (C=O) groups is 2. The van der Waals surface area contributed by atoms with E-state index in [-0.39, 0.29) is 46.6 Å². The standard InChI is InChI=1S/C22H25F3IN5O4/c1-3-8-34-12-13(9-17(32)16-10-18(27)30-31(16)2)11-28-20(33)15-6-4-14(5-7-15)19-26-35-21(29-19)22(23,24)25/h4-7,10,13H,3,8-9,11-12H2,1-2H3,(H2,27,30)(H,28,33)/t13-/m0/s1. The maximum absolute atomic E-state index is 12.7. The molecular weight excluding hydrogens is 582 g/mol. The average molecular weight is 607 g/mol. The average Bonchev–Trinajstić information content (AvgIpc) is 3.44. The molecule has 1 aromatic carbocycles. The first-order chi connectivity index (χ1) is 16.6. The first-order valence-electron chi connectivity index (χ1n) is 10.7. The number of ketones is 1. The largest absolute Gasteiger partial charge is 0.469 e. The highest BCUT2D eigenvalue weighted by Crippen LogP contribution is 2.29. The molecule has 0 aliphatic carbocycles. The van der Waals surface area contributed by atoms with E-state index in [1.165, 1.54) is 35.0 Å². The number of carbonyl (C=O) groups excluding carboxylic acids is 2. The molecule has 0 spiro atoms. The van der Waals surface area contributed by atoms with Crippen LogP contribution >= 0.6 is 21.1 Å². The fourth-order valence-electron chi connectivity index (χ4n) is 3.21. The third kappa shape index (κ3) is 7.34. The minimum atomic E-state index is -4.62. The number of nitrogens with one attached hydrogen (secondary N) is 1. The second-order valence-electron chi connectivity index (χ2n) is 7.79. The summed E-state index contributed by atoms with van der Waals surface area (Å²) in [6, 6.07) is 7.59. The van der Waals surface area contributed by atoms with E-state index in [1.54, 1.807) is 7.05 Å². The van der Waals surface area contributed by atoms with Gasteiger partial charge in [0.15, 0.2) is 5.78 Å². The van der Waals surface area contributed by atoms with Gasteiger partial charge in [-0.15, -0.1) is 0 Å². The van der Waals surface area contributed by atoms with Crippen molar-refractivity contribution in [3.8, 4) is 0 Å². The molecule has 1 amide bonds. The predicted octanol–water partition coefficient (Wildman–Crippen LogP) is 3.40. The summed E-state index contributed by atoms with van der Waals surface area (Å²) < 4.78 is 50.1. The smallest absolute Gasteiger partial charge is 0.410 e. The summed E-state index contributed by atoms with van der Waals surface area (Å²) in [5.41, 5.74) is 6.83. The summed E-state index contributed by atoms with van der Waals surface area (Å²) in [6.45, 7) is 2.98. The number of rotatable bonds is 11. The van der Waals surface area contributed by atoms with Crippen molar-refractivity contribution in [3.05, 3.63) is 47.2 Å². The molecule has 0 radical (unpaired) electrons. The molecule has 2 aromatic rings. The van der Waals surface area contributed by atoms with Crippen molar-refractivity contribution in [2.75, 3.05) is 25.5 Å². The Hall–Kier alpha value is -2.81. The SMILES string of the molecule is CCCOC[C@H](CNC(=O)c1ccc(C2=IOC(C(F)(F)F)=N2)cc1)CC(=O)c1cc(N)nn1C. The number of benzene rings is 1. The molecule has 3 N–H and O–H groups in total. The van der Waals surface area contributed by atoms with Gasteiger partial charge in [0.2, 0.25) is 0 Å². The lowest BCUT2D eigenvalue weighted by atomic mass is 10.0. The molecule has 35 heavy (non-hydrogen) atoms. The number of aliphatic imine (C=N–C) groups is 1. The topological polar surface area (TPSA) is 121 Å². The Labute approximate surface area is 210 Å². The zero-order chi connectivity index (χ0) is 25.6. The highest BCUT2D eigenvalue weighted by molar-refractivity contribution is 14.2. The Morgan fingerprint density at radius 2 is 2.00 bits per heavy atom.